The second-order valence-electron chi connectivity index (χ2n) is 3.82. The molecule has 98 valence electrons. The van der Waals surface area contributed by atoms with Gasteiger partial charge in [0.1, 0.15) is 0 Å². The van der Waals surface area contributed by atoms with Crippen LogP contribution < -0.4 is 0 Å². The van der Waals surface area contributed by atoms with Crippen molar-refractivity contribution >= 4 is 17.4 Å². The van der Waals surface area contributed by atoms with Crippen LogP contribution in [0.1, 0.15) is 15.9 Å². The molecule has 6 heteroatoms. The van der Waals surface area contributed by atoms with Crippen molar-refractivity contribution in [3.05, 3.63) is 64.2 Å². The molecule has 2 rings (SSSR count). The number of carbonyl (C=O) groups excluding carboxylic acids is 1. The Morgan fingerprint density at radius 3 is 2.42 bits per heavy atom. The summed E-state index contributed by atoms with van der Waals surface area (Å²) < 4.78 is 38.8. The summed E-state index contributed by atoms with van der Waals surface area (Å²) in [5.74, 6) is -4.96. The Hall–Kier alpha value is -1.88. The van der Waals surface area contributed by atoms with E-state index in [0.29, 0.717) is 17.7 Å². The average Bonchev–Trinajstić information content (AvgIpc) is 2.38. The van der Waals surface area contributed by atoms with E-state index in [9.17, 15) is 18.0 Å². The number of hydrogen-bond acceptors (Lipinski definition) is 2. The van der Waals surface area contributed by atoms with Crippen molar-refractivity contribution < 1.29 is 18.0 Å². The standard InChI is InChI=1S/C13H7ClF3NO/c14-9-6-18-2-1-7(9)5-12(19)8-3-10(15)13(17)11(16)4-8/h1-4,6H,5H2. The zero-order valence-corrected chi connectivity index (χ0v) is 10.2. The van der Waals surface area contributed by atoms with Gasteiger partial charge >= 0.3 is 0 Å². The van der Waals surface area contributed by atoms with Gasteiger partial charge in [-0.3, -0.25) is 9.78 Å². The van der Waals surface area contributed by atoms with Crippen molar-refractivity contribution in [2.45, 2.75) is 6.42 Å². The minimum atomic E-state index is -1.60. The number of Topliss-reactive ketones (excluding diaryl/α,β-unsaturated/α-hetero) is 1. The fraction of sp³-hybridized carbons (Fsp3) is 0.0769. The van der Waals surface area contributed by atoms with Gasteiger partial charge < -0.3 is 0 Å². The Bertz CT molecular complexity index is 623. The molecule has 0 radical (unpaired) electrons. The van der Waals surface area contributed by atoms with E-state index in [1.54, 1.807) is 0 Å². The van der Waals surface area contributed by atoms with Crippen molar-refractivity contribution in [3.8, 4) is 0 Å². The fourth-order valence-corrected chi connectivity index (χ4v) is 1.73. The van der Waals surface area contributed by atoms with E-state index in [2.05, 4.69) is 4.98 Å². The van der Waals surface area contributed by atoms with Gasteiger partial charge in [0.15, 0.2) is 23.2 Å². The van der Waals surface area contributed by atoms with Gasteiger partial charge in [-0.2, -0.15) is 0 Å². The minimum absolute atomic E-state index is 0.147. The molecule has 0 bridgehead atoms. The maximum Gasteiger partial charge on any atom is 0.194 e. The lowest BCUT2D eigenvalue weighted by atomic mass is 10.0. The molecule has 0 unspecified atom stereocenters. The molecule has 1 heterocycles. The fourth-order valence-electron chi connectivity index (χ4n) is 1.54. The smallest absolute Gasteiger partial charge is 0.194 e. The van der Waals surface area contributed by atoms with Crippen molar-refractivity contribution in [2.24, 2.45) is 0 Å². The van der Waals surface area contributed by atoms with Gasteiger partial charge in [0, 0.05) is 24.4 Å². The highest BCUT2D eigenvalue weighted by atomic mass is 35.5. The largest absolute Gasteiger partial charge is 0.294 e. The van der Waals surface area contributed by atoms with Crippen LogP contribution in [0.4, 0.5) is 13.2 Å². The van der Waals surface area contributed by atoms with Gasteiger partial charge in [-0.05, 0) is 23.8 Å². The van der Waals surface area contributed by atoms with E-state index in [1.807, 2.05) is 0 Å². The van der Waals surface area contributed by atoms with E-state index in [1.165, 1.54) is 18.5 Å². The second kappa shape index (κ2) is 5.40. The van der Waals surface area contributed by atoms with Crippen LogP contribution >= 0.6 is 11.6 Å². The zero-order chi connectivity index (χ0) is 14.0. The third-order valence-electron chi connectivity index (χ3n) is 2.51. The SMILES string of the molecule is O=C(Cc1ccncc1Cl)c1cc(F)c(F)c(F)c1. The Morgan fingerprint density at radius 2 is 1.84 bits per heavy atom. The molecule has 0 spiro atoms. The summed E-state index contributed by atoms with van der Waals surface area (Å²) >= 11 is 5.82. The van der Waals surface area contributed by atoms with Crippen LogP contribution in [0.5, 0.6) is 0 Å². The molecule has 0 N–H and O–H groups in total. The molecule has 1 aromatic carbocycles. The van der Waals surface area contributed by atoms with Crippen LogP contribution in [0.3, 0.4) is 0 Å². The van der Waals surface area contributed by atoms with Crippen molar-refractivity contribution in [1.82, 2.24) is 4.98 Å². The lowest BCUT2D eigenvalue weighted by molar-refractivity contribution is 0.0992. The van der Waals surface area contributed by atoms with E-state index < -0.39 is 23.2 Å². The summed E-state index contributed by atoms with van der Waals surface area (Å²) in [7, 11) is 0. The predicted octanol–water partition coefficient (Wildman–Crippen LogP) is 3.58. The first-order valence-corrected chi connectivity index (χ1v) is 5.63. The van der Waals surface area contributed by atoms with Crippen LogP contribution in [-0.2, 0) is 6.42 Å². The second-order valence-corrected chi connectivity index (χ2v) is 4.23. The topological polar surface area (TPSA) is 30.0 Å². The molecule has 0 amide bonds. The van der Waals surface area contributed by atoms with Crippen LogP contribution in [0.2, 0.25) is 5.02 Å². The third-order valence-corrected chi connectivity index (χ3v) is 2.85. The van der Waals surface area contributed by atoms with Gasteiger partial charge in [0.2, 0.25) is 0 Å². The number of pyridine rings is 1. The quantitative estimate of drug-likeness (QED) is 0.637. The van der Waals surface area contributed by atoms with Crippen LogP contribution in [0.15, 0.2) is 30.6 Å². The molecule has 1 aromatic heterocycles. The van der Waals surface area contributed by atoms with Crippen LogP contribution in [0.25, 0.3) is 0 Å². The molecule has 19 heavy (non-hydrogen) atoms. The van der Waals surface area contributed by atoms with Crippen molar-refractivity contribution in [2.75, 3.05) is 0 Å². The van der Waals surface area contributed by atoms with Crippen molar-refractivity contribution in [3.63, 3.8) is 0 Å². The molecule has 0 atom stereocenters. The Morgan fingerprint density at radius 1 is 1.21 bits per heavy atom. The number of aromatic nitrogens is 1. The zero-order valence-electron chi connectivity index (χ0n) is 9.46. The summed E-state index contributed by atoms with van der Waals surface area (Å²) in [5, 5.41) is 0.277. The van der Waals surface area contributed by atoms with Gasteiger partial charge in [-0.15, -0.1) is 0 Å². The predicted molar refractivity (Wildman–Crippen MR) is 63.6 cm³/mol. The summed E-state index contributed by atoms with van der Waals surface area (Å²) in [4.78, 5) is 15.6. The average molecular weight is 286 g/mol. The highest BCUT2D eigenvalue weighted by Crippen LogP contribution is 2.18. The van der Waals surface area contributed by atoms with Crippen molar-refractivity contribution in [1.29, 1.82) is 0 Å². The number of hydrogen-bond donors (Lipinski definition) is 0. The Kier molecular flexibility index (Phi) is 3.85. The maximum atomic E-state index is 13.0. The molecule has 0 saturated heterocycles. The summed E-state index contributed by atoms with van der Waals surface area (Å²) in [6.45, 7) is 0. The number of nitrogens with zero attached hydrogens (tertiary/aromatic N) is 1. The minimum Gasteiger partial charge on any atom is -0.294 e. The van der Waals surface area contributed by atoms with E-state index in [4.69, 9.17) is 11.6 Å². The van der Waals surface area contributed by atoms with E-state index in [0.717, 1.165) is 0 Å². The molecule has 2 nitrogen and oxygen atoms in total. The number of halogens is 4. The van der Waals surface area contributed by atoms with Gasteiger partial charge in [0.05, 0.1) is 5.02 Å². The lowest BCUT2D eigenvalue weighted by Gasteiger charge is -2.04. The Balaban J connectivity index is 2.28. The lowest BCUT2D eigenvalue weighted by Crippen LogP contribution is -2.06. The van der Waals surface area contributed by atoms with Crippen LogP contribution in [-0.4, -0.2) is 10.8 Å². The number of carbonyl (C=O) groups is 1. The molecule has 0 fully saturated rings. The maximum absolute atomic E-state index is 13.0. The first-order chi connectivity index (χ1) is 8.99. The van der Waals surface area contributed by atoms with E-state index >= 15 is 0 Å². The molecule has 0 aliphatic carbocycles. The summed E-state index contributed by atoms with van der Waals surface area (Å²) in [5.41, 5.74) is 0.232. The normalized spacial score (nSPS) is 10.5. The molecule has 2 aromatic rings. The van der Waals surface area contributed by atoms with Gasteiger partial charge in [0.25, 0.3) is 0 Å². The van der Waals surface area contributed by atoms with E-state index in [-0.39, 0.29) is 17.0 Å². The summed E-state index contributed by atoms with van der Waals surface area (Å²) in [6, 6.07) is 2.85. The Labute approximate surface area is 111 Å². The monoisotopic (exact) mass is 285 g/mol. The highest BCUT2D eigenvalue weighted by Gasteiger charge is 2.16. The number of benzene rings is 1. The van der Waals surface area contributed by atoms with Gasteiger partial charge in [-0.25, -0.2) is 13.2 Å². The van der Waals surface area contributed by atoms with Crippen LogP contribution in [0, 0.1) is 17.5 Å². The number of ketones is 1. The molecular formula is C13H7ClF3NO. The van der Waals surface area contributed by atoms with Gasteiger partial charge in [-0.1, -0.05) is 11.6 Å². The first-order valence-electron chi connectivity index (χ1n) is 5.25. The highest BCUT2D eigenvalue weighted by molar-refractivity contribution is 6.31. The molecule has 0 saturated carbocycles. The molecular weight excluding hydrogens is 279 g/mol. The number of rotatable bonds is 3. The molecule has 0 aliphatic rings. The first kappa shape index (κ1) is 13.5. The summed E-state index contributed by atoms with van der Waals surface area (Å²) in [6.07, 6.45) is 2.65. The third kappa shape index (κ3) is 2.93. The molecule has 0 aliphatic heterocycles.